The maximum absolute atomic E-state index is 11.8. The number of likely N-dealkylation sites (tertiary alicyclic amines) is 1. The second kappa shape index (κ2) is 5.14. The van der Waals surface area contributed by atoms with Gasteiger partial charge in [0.05, 0.1) is 11.5 Å². The average Bonchev–Trinajstić information content (AvgIpc) is 2.17. The summed E-state index contributed by atoms with van der Waals surface area (Å²) < 4.78 is 0. The molecule has 0 atom stereocenters. The van der Waals surface area contributed by atoms with E-state index in [0.29, 0.717) is 11.5 Å². The van der Waals surface area contributed by atoms with Crippen LogP contribution >= 0.6 is 12.2 Å². The Hall–Kier alpha value is -0.840. The summed E-state index contributed by atoms with van der Waals surface area (Å²) in [5.74, 6) is 0. The minimum absolute atomic E-state index is 0.0394. The number of nitrogens with two attached hydrogens (primary N) is 1. The molecule has 1 saturated heterocycles. The predicted molar refractivity (Wildman–Crippen MR) is 60.2 cm³/mol. The first kappa shape index (κ1) is 11.2. The second-order valence-corrected chi connectivity index (χ2v) is 4.18. The number of hydrogen-bond acceptors (Lipinski definition) is 2. The lowest BCUT2D eigenvalue weighted by atomic mass is 10.1. The molecule has 1 aliphatic rings. The highest BCUT2D eigenvalue weighted by Gasteiger charge is 2.19. The molecular formula is C9H17N3OS. The fraction of sp³-hybridized carbons (Fsp3) is 0.778. The van der Waals surface area contributed by atoms with Gasteiger partial charge in [-0.2, -0.15) is 0 Å². The normalized spacial score (nSPS) is 16.5. The molecule has 14 heavy (non-hydrogen) atoms. The summed E-state index contributed by atoms with van der Waals surface area (Å²) in [6.07, 6.45) is 3.43. The van der Waals surface area contributed by atoms with Gasteiger partial charge in [0.15, 0.2) is 0 Å². The molecule has 0 saturated carbocycles. The van der Waals surface area contributed by atoms with Gasteiger partial charge in [0.1, 0.15) is 0 Å². The summed E-state index contributed by atoms with van der Waals surface area (Å²) in [6, 6.07) is 0.0394. The Morgan fingerprint density at radius 3 is 2.50 bits per heavy atom. The van der Waals surface area contributed by atoms with Gasteiger partial charge in [-0.15, -0.1) is 0 Å². The first-order chi connectivity index (χ1) is 6.61. The molecule has 0 unspecified atom stereocenters. The molecule has 1 heterocycles. The van der Waals surface area contributed by atoms with Crippen molar-refractivity contribution < 1.29 is 4.79 Å². The second-order valence-electron chi connectivity index (χ2n) is 3.65. The molecular weight excluding hydrogens is 198 g/mol. The van der Waals surface area contributed by atoms with Crippen molar-refractivity contribution in [2.75, 3.05) is 26.7 Å². The SMILES string of the molecule is CN(CC(N)=S)C(=O)N1CCCCC1. The quantitative estimate of drug-likeness (QED) is 0.694. The van der Waals surface area contributed by atoms with Crippen molar-refractivity contribution in [2.45, 2.75) is 19.3 Å². The molecule has 0 spiro atoms. The third-order valence-electron chi connectivity index (χ3n) is 2.35. The van der Waals surface area contributed by atoms with Crippen LogP contribution in [-0.2, 0) is 0 Å². The molecule has 0 aromatic carbocycles. The smallest absolute Gasteiger partial charge is 0.320 e. The van der Waals surface area contributed by atoms with Crippen LogP contribution in [0.5, 0.6) is 0 Å². The van der Waals surface area contributed by atoms with Crippen LogP contribution in [0.2, 0.25) is 0 Å². The van der Waals surface area contributed by atoms with Crippen LogP contribution in [0.25, 0.3) is 0 Å². The molecule has 1 rings (SSSR count). The van der Waals surface area contributed by atoms with Crippen molar-refractivity contribution in [3.8, 4) is 0 Å². The molecule has 2 amide bonds. The first-order valence-corrected chi connectivity index (χ1v) is 5.30. The van der Waals surface area contributed by atoms with Crippen LogP contribution in [0, 0.1) is 0 Å². The van der Waals surface area contributed by atoms with E-state index >= 15 is 0 Å². The molecule has 0 bridgehead atoms. The van der Waals surface area contributed by atoms with Crippen molar-refractivity contribution in [1.82, 2.24) is 9.80 Å². The molecule has 1 aliphatic heterocycles. The highest BCUT2D eigenvalue weighted by Crippen LogP contribution is 2.10. The monoisotopic (exact) mass is 215 g/mol. The van der Waals surface area contributed by atoms with Gasteiger partial charge in [-0.1, -0.05) is 12.2 Å². The van der Waals surface area contributed by atoms with Gasteiger partial charge in [0, 0.05) is 20.1 Å². The molecule has 80 valence electrons. The lowest BCUT2D eigenvalue weighted by Gasteiger charge is -2.30. The van der Waals surface area contributed by atoms with Gasteiger partial charge in [-0.25, -0.2) is 4.79 Å². The minimum Gasteiger partial charge on any atom is -0.392 e. The predicted octanol–water partition coefficient (Wildman–Crippen LogP) is 0.810. The van der Waals surface area contributed by atoms with Gasteiger partial charge in [-0.05, 0) is 19.3 Å². The van der Waals surface area contributed by atoms with Gasteiger partial charge >= 0.3 is 6.03 Å². The van der Waals surface area contributed by atoms with E-state index in [0.717, 1.165) is 25.9 Å². The summed E-state index contributed by atoms with van der Waals surface area (Å²) in [4.78, 5) is 15.6. The number of thiocarbonyl (C=S) groups is 1. The van der Waals surface area contributed by atoms with E-state index in [1.54, 1.807) is 11.9 Å². The summed E-state index contributed by atoms with van der Waals surface area (Å²) in [6.45, 7) is 2.09. The number of amides is 2. The summed E-state index contributed by atoms with van der Waals surface area (Å²) in [5.41, 5.74) is 5.38. The molecule has 0 aromatic rings. The number of piperidine rings is 1. The summed E-state index contributed by atoms with van der Waals surface area (Å²) in [7, 11) is 1.73. The molecule has 2 N–H and O–H groups in total. The van der Waals surface area contributed by atoms with E-state index in [9.17, 15) is 4.79 Å². The fourth-order valence-electron chi connectivity index (χ4n) is 1.63. The zero-order valence-electron chi connectivity index (χ0n) is 8.53. The van der Waals surface area contributed by atoms with Crippen LogP contribution in [0.3, 0.4) is 0 Å². The molecule has 5 heteroatoms. The van der Waals surface area contributed by atoms with Crippen molar-refractivity contribution in [1.29, 1.82) is 0 Å². The minimum atomic E-state index is 0.0394. The van der Waals surface area contributed by atoms with Crippen LogP contribution in [0.15, 0.2) is 0 Å². The zero-order chi connectivity index (χ0) is 10.6. The van der Waals surface area contributed by atoms with Gasteiger partial charge < -0.3 is 15.5 Å². The first-order valence-electron chi connectivity index (χ1n) is 4.89. The van der Waals surface area contributed by atoms with Gasteiger partial charge in [0.25, 0.3) is 0 Å². The standard InChI is InChI=1S/C9H17N3OS/c1-11(7-8(10)14)9(13)12-5-3-2-4-6-12/h2-7H2,1H3,(H2,10,14). The maximum atomic E-state index is 11.8. The average molecular weight is 215 g/mol. The van der Waals surface area contributed by atoms with Crippen LogP contribution in [0.1, 0.15) is 19.3 Å². The summed E-state index contributed by atoms with van der Waals surface area (Å²) >= 11 is 4.76. The third kappa shape index (κ3) is 3.14. The Morgan fingerprint density at radius 2 is 2.00 bits per heavy atom. The topological polar surface area (TPSA) is 49.6 Å². The molecule has 1 fully saturated rings. The van der Waals surface area contributed by atoms with E-state index in [-0.39, 0.29) is 6.03 Å². The van der Waals surface area contributed by atoms with E-state index < -0.39 is 0 Å². The van der Waals surface area contributed by atoms with E-state index in [1.807, 2.05) is 4.90 Å². The number of rotatable bonds is 2. The Labute approximate surface area is 90.0 Å². The van der Waals surface area contributed by atoms with Crippen LogP contribution in [0.4, 0.5) is 4.79 Å². The molecule has 0 radical (unpaired) electrons. The van der Waals surface area contributed by atoms with Crippen molar-refractivity contribution in [3.05, 3.63) is 0 Å². The number of carbonyl (C=O) groups is 1. The lowest BCUT2D eigenvalue weighted by Crippen LogP contribution is -2.46. The third-order valence-corrected chi connectivity index (χ3v) is 2.48. The van der Waals surface area contributed by atoms with Crippen LogP contribution in [-0.4, -0.2) is 47.5 Å². The number of carbonyl (C=O) groups excluding carboxylic acids is 1. The Morgan fingerprint density at radius 1 is 1.43 bits per heavy atom. The largest absolute Gasteiger partial charge is 0.392 e. The van der Waals surface area contributed by atoms with Crippen LogP contribution < -0.4 is 5.73 Å². The highest BCUT2D eigenvalue weighted by atomic mass is 32.1. The zero-order valence-corrected chi connectivity index (χ0v) is 9.35. The van der Waals surface area contributed by atoms with Gasteiger partial charge in [-0.3, -0.25) is 0 Å². The summed E-state index contributed by atoms with van der Waals surface area (Å²) in [5, 5.41) is 0. The molecule has 0 aromatic heterocycles. The number of urea groups is 1. The number of likely N-dealkylation sites (N-methyl/N-ethyl adjacent to an activating group) is 1. The van der Waals surface area contributed by atoms with Gasteiger partial charge in [0.2, 0.25) is 0 Å². The molecule has 0 aliphatic carbocycles. The van der Waals surface area contributed by atoms with E-state index in [4.69, 9.17) is 18.0 Å². The Bertz CT molecular complexity index is 226. The van der Waals surface area contributed by atoms with Crippen molar-refractivity contribution in [3.63, 3.8) is 0 Å². The van der Waals surface area contributed by atoms with Crippen molar-refractivity contribution >= 4 is 23.2 Å². The van der Waals surface area contributed by atoms with E-state index in [2.05, 4.69) is 0 Å². The maximum Gasteiger partial charge on any atom is 0.320 e. The van der Waals surface area contributed by atoms with E-state index in [1.165, 1.54) is 6.42 Å². The van der Waals surface area contributed by atoms with Crippen molar-refractivity contribution in [2.24, 2.45) is 5.73 Å². The highest BCUT2D eigenvalue weighted by molar-refractivity contribution is 7.80. The Balaban J connectivity index is 2.42. The Kier molecular flexibility index (Phi) is 4.13. The lowest BCUT2D eigenvalue weighted by molar-refractivity contribution is 0.158. The fourth-order valence-corrected chi connectivity index (χ4v) is 1.82. The number of nitrogens with zero attached hydrogens (tertiary/aromatic N) is 2. The molecule has 4 nitrogen and oxygen atoms in total. The number of hydrogen-bond donors (Lipinski definition) is 1.